The molecular formula is C9H14ClN3O2S. The number of sulfone groups is 1. The van der Waals surface area contributed by atoms with Crippen molar-refractivity contribution < 1.29 is 8.42 Å². The Bertz CT molecular complexity index is 418. The molecule has 1 fully saturated rings. The Kier molecular flexibility index (Phi) is 4.64. The van der Waals surface area contributed by atoms with Crippen molar-refractivity contribution >= 4 is 22.2 Å². The van der Waals surface area contributed by atoms with Crippen molar-refractivity contribution in [2.75, 3.05) is 12.3 Å². The van der Waals surface area contributed by atoms with E-state index in [1.165, 1.54) is 18.6 Å². The van der Waals surface area contributed by atoms with E-state index >= 15 is 0 Å². The first-order valence-electron chi connectivity index (χ1n) is 4.91. The van der Waals surface area contributed by atoms with Crippen molar-refractivity contribution in [3.8, 4) is 0 Å². The van der Waals surface area contributed by atoms with Crippen molar-refractivity contribution in [2.24, 2.45) is 0 Å². The van der Waals surface area contributed by atoms with Gasteiger partial charge in [-0.05, 0) is 19.4 Å². The van der Waals surface area contributed by atoms with E-state index in [0.717, 1.165) is 19.4 Å². The quantitative estimate of drug-likeness (QED) is 0.856. The molecule has 0 spiro atoms. The number of hydrogen-bond donors (Lipinski definition) is 1. The number of rotatable bonds is 3. The van der Waals surface area contributed by atoms with Gasteiger partial charge in [-0.2, -0.15) is 0 Å². The molecule has 2 rings (SSSR count). The second-order valence-electron chi connectivity index (χ2n) is 3.62. The lowest BCUT2D eigenvalue weighted by atomic mass is 10.3. The summed E-state index contributed by atoms with van der Waals surface area (Å²) >= 11 is 0. The van der Waals surface area contributed by atoms with Gasteiger partial charge in [-0.15, -0.1) is 12.4 Å². The van der Waals surface area contributed by atoms with Crippen LogP contribution in [-0.4, -0.2) is 36.7 Å². The maximum atomic E-state index is 11.8. The van der Waals surface area contributed by atoms with Gasteiger partial charge in [0.25, 0.3) is 0 Å². The maximum Gasteiger partial charge on any atom is 0.198 e. The van der Waals surface area contributed by atoms with Gasteiger partial charge in [-0.3, -0.25) is 4.98 Å². The molecule has 1 aromatic heterocycles. The summed E-state index contributed by atoms with van der Waals surface area (Å²) in [6.07, 6.45) is 6.12. The number of nitrogens with zero attached hydrogens (tertiary/aromatic N) is 2. The standard InChI is InChI=1S/C9H13N3O2S.ClH/c13-15(14,7-8-2-1-3-11-8)9-6-10-4-5-12-9;/h4-6,8,11H,1-3,7H2;1H. The summed E-state index contributed by atoms with van der Waals surface area (Å²) in [6, 6.07) is 0.0667. The van der Waals surface area contributed by atoms with Crippen LogP contribution in [0.4, 0.5) is 0 Å². The molecule has 7 heteroatoms. The molecule has 16 heavy (non-hydrogen) atoms. The topological polar surface area (TPSA) is 72.0 Å². The number of halogens is 1. The minimum absolute atomic E-state index is 0. The van der Waals surface area contributed by atoms with Crippen LogP contribution in [0, 0.1) is 0 Å². The molecule has 0 aliphatic carbocycles. The zero-order chi connectivity index (χ0) is 10.7. The zero-order valence-electron chi connectivity index (χ0n) is 8.67. The summed E-state index contributed by atoms with van der Waals surface area (Å²) in [5.41, 5.74) is 0. The lowest BCUT2D eigenvalue weighted by Gasteiger charge is -2.09. The minimum Gasteiger partial charge on any atom is -0.313 e. The Balaban J connectivity index is 0.00000128. The first kappa shape index (κ1) is 13.3. The maximum absolute atomic E-state index is 11.8. The van der Waals surface area contributed by atoms with Gasteiger partial charge in [0.1, 0.15) is 0 Å². The SMILES string of the molecule is Cl.O=S(=O)(CC1CCCN1)c1cnccn1. The highest BCUT2D eigenvalue weighted by Gasteiger charge is 2.24. The molecule has 0 saturated carbocycles. The van der Waals surface area contributed by atoms with Gasteiger partial charge in [0.05, 0.1) is 11.9 Å². The van der Waals surface area contributed by atoms with E-state index in [9.17, 15) is 8.42 Å². The van der Waals surface area contributed by atoms with E-state index < -0.39 is 9.84 Å². The molecule has 1 aromatic rings. The first-order chi connectivity index (χ1) is 7.18. The number of aromatic nitrogens is 2. The third kappa shape index (κ3) is 3.13. The van der Waals surface area contributed by atoms with Crippen LogP contribution in [0.15, 0.2) is 23.6 Å². The summed E-state index contributed by atoms with van der Waals surface area (Å²) in [5, 5.41) is 3.22. The minimum atomic E-state index is -3.28. The summed E-state index contributed by atoms with van der Waals surface area (Å²) < 4.78 is 23.7. The van der Waals surface area contributed by atoms with Crippen LogP contribution in [-0.2, 0) is 9.84 Å². The van der Waals surface area contributed by atoms with E-state index in [1.807, 2.05) is 0 Å². The Morgan fingerprint density at radius 3 is 2.81 bits per heavy atom. The van der Waals surface area contributed by atoms with Crippen molar-refractivity contribution in [3.05, 3.63) is 18.6 Å². The second kappa shape index (κ2) is 5.56. The Hall–Kier alpha value is -0.720. The molecule has 1 unspecified atom stereocenters. The van der Waals surface area contributed by atoms with Gasteiger partial charge in [-0.1, -0.05) is 0 Å². The Morgan fingerprint density at radius 1 is 1.44 bits per heavy atom. The summed E-state index contributed by atoms with van der Waals surface area (Å²) in [7, 11) is -3.28. The highest BCUT2D eigenvalue weighted by Crippen LogP contribution is 2.12. The molecule has 1 aliphatic heterocycles. The second-order valence-corrected chi connectivity index (χ2v) is 5.60. The molecule has 1 N–H and O–H groups in total. The molecule has 0 amide bonds. The predicted molar refractivity (Wildman–Crippen MR) is 62.4 cm³/mol. The number of hydrogen-bond acceptors (Lipinski definition) is 5. The van der Waals surface area contributed by atoms with E-state index in [0.29, 0.717) is 0 Å². The molecule has 1 aliphatic rings. The van der Waals surface area contributed by atoms with E-state index in [2.05, 4.69) is 15.3 Å². The van der Waals surface area contributed by atoms with Crippen LogP contribution < -0.4 is 5.32 Å². The monoisotopic (exact) mass is 263 g/mol. The molecule has 1 atom stereocenters. The highest BCUT2D eigenvalue weighted by atomic mass is 35.5. The van der Waals surface area contributed by atoms with Gasteiger partial charge in [0.15, 0.2) is 14.9 Å². The molecule has 0 aromatic carbocycles. The van der Waals surface area contributed by atoms with E-state index in [1.54, 1.807) is 0 Å². The molecule has 1 saturated heterocycles. The van der Waals surface area contributed by atoms with Crippen LogP contribution in [0.1, 0.15) is 12.8 Å². The van der Waals surface area contributed by atoms with Crippen LogP contribution in [0.5, 0.6) is 0 Å². The van der Waals surface area contributed by atoms with Crippen LogP contribution >= 0.6 is 12.4 Å². The lowest BCUT2D eigenvalue weighted by molar-refractivity contribution is 0.573. The third-order valence-corrected chi connectivity index (χ3v) is 4.13. The summed E-state index contributed by atoms with van der Waals surface area (Å²) in [6.45, 7) is 0.903. The fraction of sp³-hybridized carbons (Fsp3) is 0.556. The fourth-order valence-corrected chi connectivity index (χ4v) is 3.12. The lowest BCUT2D eigenvalue weighted by Crippen LogP contribution is -2.30. The first-order valence-corrected chi connectivity index (χ1v) is 6.56. The fourth-order valence-electron chi connectivity index (χ4n) is 1.70. The van der Waals surface area contributed by atoms with Crippen LogP contribution in [0.25, 0.3) is 0 Å². The molecule has 5 nitrogen and oxygen atoms in total. The smallest absolute Gasteiger partial charge is 0.198 e. The van der Waals surface area contributed by atoms with E-state index in [4.69, 9.17) is 0 Å². The van der Waals surface area contributed by atoms with Crippen LogP contribution in [0.3, 0.4) is 0 Å². The molecule has 0 bridgehead atoms. The van der Waals surface area contributed by atoms with Gasteiger partial charge < -0.3 is 5.32 Å². The molecule has 90 valence electrons. The van der Waals surface area contributed by atoms with Gasteiger partial charge in [0.2, 0.25) is 0 Å². The molecule has 2 heterocycles. The predicted octanol–water partition coefficient (Wildman–Crippen LogP) is 0.424. The molecular weight excluding hydrogens is 250 g/mol. The van der Waals surface area contributed by atoms with Gasteiger partial charge in [-0.25, -0.2) is 13.4 Å². The average Bonchev–Trinajstić information content (AvgIpc) is 2.71. The normalized spacial score (nSPS) is 20.4. The molecule has 0 radical (unpaired) electrons. The Morgan fingerprint density at radius 2 is 2.25 bits per heavy atom. The Labute approximate surface area is 101 Å². The summed E-state index contributed by atoms with van der Waals surface area (Å²) in [4.78, 5) is 7.58. The van der Waals surface area contributed by atoms with Gasteiger partial charge in [0, 0.05) is 18.4 Å². The van der Waals surface area contributed by atoms with Gasteiger partial charge >= 0.3 is 0 Å². The van der Waals surface area contributed by atoms with Crippen molar-refractivity contribution in [2.45, 2.75) is 23.9 Å². The zero-order valence-corrected chi connectivity index (χ0v) is 10.3. The van der Waals surface area contributed by atoms with Crippen molar-refractivity contribution in [1.29, 1.82) is 0 Å². The third-order valence-electron chi connectivity index (χ3n) is 2.44. The van der Waals surface area contributed by atoms with Crippen LogP contribution in [0.2, 0.25) is 0 Å². The number of nitrogens with one attached hydrogen (secondary N) is 1. The van der Waals surface area contributed by atoms with Crippen molar-refractivity contribution in [1.82, 2.24) is 15.3 Å². The largest absolute Gasteiger partial charge is 0.313 e. The van der Waals surface area contributed by atoms with Crippen molar-refractivity contribution in [3.63, 3.8) is 0 Å². The van der Waals surface area contributed by atoms with E-state index in [-0.39, 0.29) is 29.2 Å². The highest BCUT2D eigenvalue weighted by molar-refractivity contribution is 7.91. The summed E-state index contributed by atoms with van der Waals surface area (Å²) in [5.74, 6) is 0.117. The average molecular weight is 264 g/mol.